The molecule has 1 aliphatic heterocycles. The molecule has 0 aliphatic carbocycles. The third kappa shape index (κ3) is 5.76. The molecule has 1 aromatic heterocycles. The van der Waals surface area contributed by atoms with Crippen molar-refractivity contribution in [2.45, 2.75) is 13.1 Å². The number of benzene rings is 2. The first kappa shape index (κ1) is 21.6. The molecule has 0 bridgehead atoms. The van der Waals surface area contributed by atoms with E-state index in [0.717, 1.165) is 47.2 Å². The lowest BCUT2D eigenvalue weighted by atomic mass is 10.2. The number of thiazole rings is 1. The zero-order valence-electron chi connectivity index (χ0n) is 17.4. The van der Waals surface area contributed by atoms with E-state index < -0.39 is 0 Å². The van der Waals surface area contributed by atoms with Crippen LogP contribution in [-0.2, 0) is 13.1 Å². The first-order chi connectivity index (χ1) is 15.1. The number of hydrogen-bond acceptors (Lipinski definition) is 5. The van der Waals surface area contributed by atoms with Crippen LogP contribution < -0.4 is 10.1 Å². The molecule has 0 atom stereocenters. The normalized spacial score (nSPS) is 14.5. The zero-order valence-corrected chi connectivity index (χ0v) is 19.0. The standard InChI is InChI=1S/C23H25ClN4O2S/c1-30-20-4-2-3-18(13-20)21-16-31-22(26-21)15-27-9-11-28(12-10-27)23(29)25-14-17-5-7-19(24)8-6-17/h2-8,13,16H,9-12,14-15H2,1H3,(H,25,29). The fraction of sp³-hybridized carbons (Fsp3) is 0.304. The largest absolute Gasteiger partial charge is 0.497 e. The van der Waals surface area contributed by atoms with Crippen LogP contribution in [0.15, 0.2) is 53.9 Å². The van der Waals surface area contributed by atoms with Crippen molar-refractivity contribution in [3.05, 3.63) is 69.5 Å². The number of methoxy groups -OCH3 is 1. The molecule has 31 heavy (non-hydrogen) atoms. The van der Waals surface area contributed by atoms with Gasteiger partial charge >= 0.3 is 6.03 Å². The maximum Gasteiger partial charge on any atom is 0.317 e. The molecule has 2 amide bonds. The van der Waals surface area contributed by atoms with Crippen molar-refractivity contribution >= 4 is 29.0 Å². The Labute approximate surface area is 191 Å². The highest BCUT2D eigenvalue weighted by molar-refractivity contribution is 7.09. The number of amides is 2. The summed E-state index contributed by atoms with van der Waals surface area (Å²) in [7, 11) is 1.67. The van der Waals surface area contributed by atoms with Gasteiger partial charge in [-0.15, -0.1) is 11.3 Å². The van der Waals surface area contributed by atoms with Crippen LogP contribution in [0.3, 0.4) is 0 Å². The molecule has 6 nitrogen and oxygen atoms in total. The Morgan fingerprint density at radius 3 is 2.68 bits per heavy atom. The van der Waals surface area contributed by atoms with Gasteiger partial charge in [-0.25, -0.2) is 9.78 Å². The van der Waals surface area contributed by atoms with Crippen LogP contribution in [0.1, 0.15) is 10.6 Å². The van der Waals surface area contributed by atoms with Gasteiger partial charge in [0.25, 0.3) is 0 Å². The second-order valence-corrected chi connectivity index (χ2v) is 8.79. The fourth-order valence-electron chi connectivity index (χ4n) is 3.49. The van der Waals surface area contributed by atoms with Crippen LogP contribution >= 0.6 is 22.9 Å². The summed E-state index contributed by atoms with van der Waals surface area (Å²) in [4.78, 5) is 21.5. The van der Waals surface area contributed by atoms with Crippen molar-refractivity contribution in [3.8, 4) is 17.0 Å². The lowest BCUT2D eigenvalue weighted by Gasteiger charge is -2.34. The van der Waals surface area contributed by atoms with E-state index in [2.05, 4.69) is 15.6 Å². The number of nitrogens with one attached hydrogen (secondary N) is 1. The van der Waals surface area contributed by atoms with Gasteiger partial charge in [-0.3, -0.25) is 4.90 Å². The molecule has 0 radical (unpaired) electrons. The smallest absolute Gasteiger partial charge is 0.317 e. The average molecular weight is 457 g/mol. The Morgan fingerprint density at radius 2 is 1.94 bits per heavy atom. The Hall–Kier alpha value is -2.61. The molecule has 0 unspecified atom stereocenters. The lowest BCUT2D eigenvalue weighted by molar-refractivity contribution is 0.135. The van der Waals surface area contributed by atoms with E-state index in [1.807, 2.05) is 53.4 Å². The molecule has 8 heteroatoms. The molecular formula is C23H25ClN4O2S. The Morgan fingerprint density at radius 1 is 1.16 bits per heavy atom. The van der Waals surface area contributed by atoms with Crippen LogP contribution in [0.4, 0.5) is 4.79 Å². The van der Waals surface area contributed by atoms with E-state index in [4.69, 9.17) is 21.3 Å². The molecule has 162 valence electrons. The Balaban J connectivity index is 1.25. The van der Waals surface area contributed by atoms with Gasteiger partial charge in [0, 0.05) is 48.7 Å². The molecule has 2 aromatic carbocycles. The fourth-order valence-corrected chi connectivity index (χ4v) is 4.46. The lowest BCUT2D eigenvalue weighted by Crippen LogP contribution is -2.51. The summed E-state index contributed by atoms with van der Waals surface area (Å²) >= 11 is 7.57. The number of urea groups is 1. The summed E-state index contributed by atoms with van der Waals surface area (Å²) in [6.45, 7) is 4.39. The number of nitrogens with zero attached hydrogens (tertiary/aromatic N) is 3. The van der Waals surface area contributed by atoms with Crippen molar-refractivity contribution in [2.75, 3.05) is 33.3 Å². The minimum absolute atomic E-state index is 0.0239. The van der Waals surface area contributed by atoms with E-state index in [-0.39, 0.29) is 6.03 Å². The summed E-state index contributed by atoms with van der Waals surface area (Å²) in [6.07, 6.45) is 0. The summed E-state index contributed by atoms with van der Waals surface area (Å²) in [5.74, 6) is 0.831. The molecular weight excluding hydrogens is 432 g/mol. The first-order valence-electron chi connectivity index (χ1n) is 10.2. The van der Waals surface area contributed by atoms with Crippen molar-refractivity contribution in [1.29, 1.82) is 0 Å². The number of hydrogen-bond donors (Lipinski definition) is 1. The van der Waals surface area contributed by atoms with Gasteiger partial charge in [-0.2, -0.15) is 0 Å². The monoisotopic (exact) mass is 456 g/mol. The predicted octanol–water partition coefficient (Wildman–Crippen LogP) is 4.50. The van der Waals surface area contributed by atoms with Crippen LogP contribution in [-0.4, -0.2) is 54.1 Å². The van der Waals surface area contributed by atoms with E-state index in [9.17, 15) is 4.79 Å². The quantitative estimate of drug-likeness (QED) is 0.593. The number of ether oxygens (including phenoxy) is 1. The van der Waals surface area contributed by atoms with Gasteiger partial charge in [-0.05, 0) is 29.8 Å². The number of rotatable bonds is 6. The predicted molar refractivity (Wildman–Crippen MR) is 125 cm³/mol. The van der Waals surface area contributed by atoms with Crippen molar-refractivity contribution in [3.63, 3.8) is 0 Å². The van der Waals surface area contributed by atoms with Crippen molar-refractivity contribution < 1.29 is 9.53 Å². The number of piperazine rings is 1. The van der Waals surface area contributed by atoms with E-state index >= 15 is 0 Å². The third-order valence-electron chi connectivity index (χ3n) is 5.29. The molecule has 3 aromatic rings. The molecule has 1 fully saturated rings. The second kappa shape index (κ2) is 10.1. The summed E-state index contributed by atoms with van der Waals surface area (Å²) in [5.41, 5.74) is 3.06. The summed E-state index contributed by atoms with van der Waals surface area (Å²) < 4.78 is 5.31. The minimum atomic E-state index is -0.0239. The minimum Gasteiger partial charge on any atom is -0.497 e. The zero-order chi connectivity index (χ0) is 21.6. The highest BCUT2D eigenvalue weighted by Crippen LogP contribution is 2.26. The number of halogens is 1. The molecule has 2 heterocycles. The Kier molecular flexibility index (Phi) is 7.06. The topological polar surface area (TPSA) is 57.7 Å². The summed E-state index contributed by atoms with van der Waals surface area (Å²) in [5, 5.41) is 6.85. The molecule has 1 aliphatic rings. The Bertz CT molecular complexity index is 1020. The highest BCUT2D eigenvalue weighted by atomic mass is 35.5. The SMILES string of the molecule is COc1cccc(-c2csc(CN3CCN(C(=O)NCc4ccc(Cl)cc4)CC3)n2)c1. The molecule has 1 N–H and O–H groups in total. The highest BCUT2D eigenvalue weighted by Gasteiger charge is 2.21. The van der Waals surface area contributed by atoms with Gasteiger partial charge < -0.3 is 15.0 Å². The second-order valence-electron chi connectivity index (χ2n) is 7.41. The van der Waals surface area contributed by atoms with Crippen molar-refractivity contribution in [2.24, 2.45) is 0 Å². The van der Waals surface area contributed by atoms with Gasteiger partial charge in [-0.1, -0.05) is 35.9 Å². The van der Waals surface area contributed by atoms with E-state index in [1.54, 1.807) is 18.4 Å². The van der Waals surface area contributed by atoms with E-state index in [1.165, 1.54) is 0 Å². The summed E-state index contributed by atoms with van der Waals surface area (Å²) in [6, 6.07) is 15.4. The van der Waals surface area contributed by atoms with Gasteiger partial charge in [0.15, 0.2) is 0 Å². The number of aromatic nitrogens is 1. The van der Waals surface area contributed by atoms with Gasteiger partial charge in [0.05, 0.1) is 19.3 Å². The van der Waals surface area contributed by atoms with Gasteiger partial charge in [0.2, 0.25) is 0 Å². The average Bonchev–Trinajstić information content (AvgIpc) is 3.27. The van der Waals surface area contributed by atoms with Crippen molar-refractivity contribution in [1.82, 2.24) is 20.1 Å². The number of carbonyl (C=O) groups is 1. The first-order valence-corrected chi connectivity index (χ1v) is 11.4. The molecule has 0 saturated carbocycles. The number of carbonyl (C=O) groups excluding carboxylic acids is 1. The van der Waals surface area contributed by atoms with Crippen LogP contribution in [0.25, 0.3) is 11.3 Å². The van der Waals surface area contributed by atoms with Crippen LogP contribution in [0.2, 0.25) is 5.02 Å². The molecule has 1 saturated heterocycles. The molecule has 0 spiro atoms. The van der Waals surface area contributed by atoms with Gasteiger partial charge in [0.1, 0.15) is 10.8 Å². The maximum atomic E-state index is 12.5. The maximum absolute atomic E-state index is 12.5. The van der Waals surface area contributed by atoms with E-state index in [0.29, 0.717) is 24.7 Å². The van der Waals surface area contributed by atoms with Crippen LogP contribution in [0, 0.1) is 0 Å². The molecule has 4 rings (SSSR count). The third-order valence-corrected chi connectivity index (χ3v) is 6.38. The van der Waals surface area contributed by atoms with Crippen LogP contribution in [0.5, 0.6) is 5.75 Å².